The van der Waals surface area contributed by atoms with E-state index >= 15 is 0 Å². The Bertz CT molecular complexity index is 910. The molecule has 2 heterocycles. The standard InChI is InChI=1S/C15H15ClN6O/c1-9(21-14-12(16)13(17)18-8-19-14)7-22-15(23)11-5-3-2-4-10(11)6-20-22/h2-6,8-9H,7H2,1H3,(H3,17,18,19,21)/t9-/m0/s1. The monoisotopic (exact) mass is 330 g/mol. The molecule has 0 fully saturated rings. The van der Waals surface area contributed by atoms with Gasteiger partial charge < -0.3 is 11.1 Å². The molecular weight excluding hydrogens is 316 g/mol. The molecule has 0 saturated carbocycles. The molecule has 1 aromatic carbocycles. The van der Waals surface area contributed by atoms with Gasteiger partial charge in [-0.1, -0.05) is 29.8 Å². The summed E-state index contributed by atoms with van der Waals surface area (Å²) in [6.45, 7) is 2.27. The van der Waals surface area contributed by atoms with Gasteiger partial charge in [0.25, 0.3) is 5.56 Å². The number of aromatic nitrogens is 4. The van der Waals surface area contributed by atoms with Crippen molar-refractivity contribution in [2.75, 3.05) is 11.1 Å². The lowest BCUT2D eigenvalue weighted by atomic mass is 10.2. The van der Waals surface area contributed by atoms with Gasteiger partial charge in [0.2, 0.25) is 0 Å². The molecule has 2 aromatic heterocycles. The minimum Gasteiger partial charge on any atom is -0.382 e. The first-order valence-electron chi connectivity index (χ1n) is 7.03. The van der Waals surface area contributed by atoms with E-state index in [4.69, 9.17) is 17.3 Å². The summed E-state index contributed by atoms with van der Waals surface area (Å²) in [5, 5.41) is 9.03. The Morgan fingerprint density at radius 1 is 1.35 bits per heavy atom. The molecule has 0 spiro atoms. The van der Waals surface area contributed by atoms with Crippen LogP contribution in [0.3, 0.4) is 0 Å². The molecule has 118 valence electrons. The Labute approximate surface area is 137 Å². The highest BCUT2D eigenvalue weighted by Crippen LogP contribution is 2.23. The molecule has 0 unspecified atom stereocenters. The van der Waals surface area contributed by atoms with Crippen LogP contribution in [-0.4, -0.2) is 25.8 Å². The van der Waals surface area contributed by atoms with Gasteiger partial charge in [-0.25, -0.2) is 14.6 Å². The van der Waals surface area contributed by atoms with Gasteiger partial charge in [0.15, 0.2) is 5.82 Å². The highest BCUT2D eigenvalue weighted by atomic mass is 35.5. The summed E-state index contributed by atoms with van der Waals surface area (Å²) in [5.41, 5.74) is 5.51. The van der Waals surface area contributed by atoms with Crippen LogP contribution in [0.15, 0.2) is 41.6 Å². The van der Waals surface area contributed by atoms with Crippen molar-refractivity contribution in [3.63, 3.8) is 0 Å². The van der Waals surface area contributed by atoms with Crippen LogP contribution in [0.2, 0.25) is 5.02 Å². The van der Waals surface area contributed by atoms with Crippen molar-refractivity contribution in [3.8, 4) is 0 Å². The predicted octanol–water partition coefficient (Wildman–Crippen LogP) is 1.92. The number of hydrogen-bond donors (Lipinski definition) is 2. The summed E-state index contributed by atoms with van der Waals surface area (Å²) in [6, 6.07) is 7.22. The summed E-state index contributed by atoms with van der Waals surface area (Å²) in [4.78, 5) is 20.3. The van der Waals surface area contributed by atoms with Gasteiger partial charge in [0.05, 0.1) is 18.1 Å². The van der Waals surface area contributed by atoms with Crippen LogP contribution in [0, 0.1) is 0 Å². The second-order valence-corrected chi connectivity index (χ2v) is 5.56. The molecule has 0 aliphatic heterocycles. The zero-order chi connectivity index (χ0) is 16.4. The number of fused-ring (bicyclic) bond motifs is 1. The van der Waals surface area contributed by atoms with Crippen molar-refractivity contribution < 1.29 is 0 Å². The number of hydrogen-bond acceptors (Lipinski definition) is 6. The molecule has 1 atom stereocenters. The fourth-order valence-corrected chi connectivity index (χ4v) is 2.43. The van der Waals surface area contributed by atoms with Crippen molar-refractivity contribution in [3.05, 3.63) is 52.2 Å². The Kier molecular flexibility index (Phi) is 4.12. The number of nitrogen functional groups attached to an aromatic ring is 1. The molecule has 0 amide bonds. The van der Waals surface area contributed by atoms with Crippen LogP contribution in [0.4, 0.5) is 11.6 Å². The van der Waals surface area contributed by atoms with E-state index in [1.54, 1.807) is 12.3 Å². The zero-order valence-electron chi connectivity index (χ0n) is 12.4. The summed E-state index contributed by atoms with van der Waals surface area (Å²) >= 11 is 6.05. The van der Waals surface area contributed by atoms with E-state index in [9.17, 15) is 4.79 Å². The molecular formula is C15H15ClN6O. The number of benzene rings is 1. The largest absolute Gasteiger partial charge is 0.382 e. The van der Waals surface area contributed by atoms with E-state index in [0.717, 1.165) is 5.39 Å². The first-order valence-corrected chi connectivity index (χ1v) is 7.41. The lowest BCUT2D eigenvalue weighted by molar-refractivity contribution is 0.536. The van der Waals surface area contributed by atoms with Gasteiger partial charge in [-0.15, -0.1) is 0 Å². The Morgan fingerprint density at radius 3 is 2.96 bits per heavy atom. The van der Waals surface area contributed by atoms with E-state index in [1.165, 1.54) is 11.0 Å². The van der Waals surface area contributed by atoms with Gasteiger partial charge in [-0.3, -0.25) is 4.79 Å². The smallest absolute Gasteiger partial charge is 0.274 e. The summed E-state index contributed by atoms with van der Waals surface area (Å²) in [5.74, 6) is 0.637. The van der Waals surface area contributed by atoms with E-state index in [0.29, 0.717) is 17.7 Å². The van der Waals surface area contributed by atoms with E-state index in [-0.39, 0.29) is 22.4 Å². The first kappa shape index (κ1) is 15.2. The van der Waals surface area contributed by atoms with Crippen molar-refractivity contribution >= 4 is 34.0 Å². The van der Waals surface area contributed by atoms with Gasteiger partial charge in [0, 0.05) is 11.4 Å². The predicted molar refractivity (Wildman–Crippen MR) is 90.5 cm³/mol. The molecule has 3 rings (SSSR count). The maximum Gasteiger partial charge on any atom is 0.274 e. The van der Waals surface area contributed by atoms with Crippen LogP contribution < -0.4 is 16.6 Å². The second-order valence-electron chi connectivity index (χ2n) is 5.19. The number of nitrogens with two attached hydrogens (primary N) is 1. The average molecular weight is 331 g/mol. The Hall–Kier alpha value is -2.67. The summed E-state index contributed by atoms with van der Waals surface area (Å²) < 4.78 is 1.42. The molecule has 0 radical (unpaired) electrons. The molecule has 0 aliphatic rings. The van der Waals surface area contributed by atoms with Gasteiger partial charge in [-0.2, -0.15) is 5.10 Å². The maximum absolute atomic E-state index is 12.4. The molecule has 8 heteroatoms. The number of nitrogens with zero attached hydrogens (tertiary/aromatic N) is 4. The third-order valence-electron chi connectivity index (χ3n) is 3.41. The molecule has 0 bridgehead atoms. The summed E-state index contributed by atoms with van der Waals surface area (Å²) in [7, 11) is 0. The van der Waals surface area contributed by atoms with E-state index in [2.05, 4.69) is 20.4 Å². The minimum absolute atomic E-state index is 0.131. The zero-order valence-corrected chi connectivity index (χ0v) is 13.2. The molecule has 3 N–H and O–H groups in total. The molecule has 23 heavy (non-hydrogen) atoms. The lowest BCUT2D eigenvalue weighted by Gasteiger charge is -2.16. The van der Waals surface area contributed by atoms with Gasteiger partial charge in [-0.05, 0) is 13.0 Å². The average Bonchev–Trinajstić information content (AvgIpc) is 2.55. The Balaban J connectivity index is 1.83. The van der Waals surface area contributed by atoms with Crippen LogP contribution in [0.25, 0.3) is 10.8 Å². The van der Waals surface area contributed by atoms with Crippen LogP contribution in [0.1, 0.15) is 6.92 Å². The Morgan fingerprint density at radius 2 is 2.13 bits per heavy atom. The molecule has 0 saturated heterocycles. The van der Waals surface area contributed by atoms with Gasteiger partial charge in [0.1, 0.15) is 17.2 Å². The first-order chi connectivity index (χ1) is 11.1. The third-order valence-corrected chi connectivity index (χ3v) is 3.78. The van der Waals surface area contributed by atoms with Crippen molar-refractivity contribution in [1.29, 1.82) is 0 Å². The number of nitrogens with one attached hydrogen (secondary N) is 1. The number of anilines is 2. The number of rotatable bonds is 4. The molecule has 3 aromatic rings. The van der Waals surface area contributed by atoms with Crippen molar-refractivity contribution in [2.24, 2.45) is 0 Å². The van der Waals surface area contributed by atoms with E-state index < -0.39 is 0 Å². The summed E-state index contributed by atoms with van der Waals surface area (Å²) in [6.07, 6.45) is 3.01. The maximum atomic E-state index is 12.4. The third kappa shape index (κ3) is 3.09. The quantitative estimate of drug-likeness (QED) is 0.758. The van der Waals surface area contributed by atoms with Crippen LogP contribution in [0.5, 0.6) is 0 Å². The van der Waals surface area contributed by atoms with Crippen LogP contribution >= 0.6 is 11.6 Å². The highest BCUT2D eigenvalue weighted by Gasteiger charge is 2.12. The topological polar surface area (TPSA) is 98.7 Å². The fourth-order valence-electron chi connectivity index (χ4n) is 2.28. The minimum atomic E-state index is -0.134. The highest BCUT2D eigenvalue weighted by molar-refractivity contribution is 6.35. The number of halogens is 1. The molecule has 0 aliphatic carbocycles. The fraction of sp³-hybridized carbons (Fsp3) is 0.200. The lowest BCUT2D eigenvalue weighted by Crippen LogP contribution is -2.31. The molecule has 7 nitrogen and oxygen atoms in total. The normalized spacial score (nSPS) is 12.3. The van der Waals surface area contributed by atoms with Crippen molar-refractivity contribution in [2.45, 2.75) is 19.5 Å². The second kappa shape index (κ2) is 6.21. The SMILES string of the molecule is C[C@@H](Cn1ncc2ccccc2c1=O)Nc1ncnc(N)c1Cl. The van der Waals surface area contributed by atoms with Crippen molar-refractivity contribution in [1.82, 2.24) is 19.7 Å². The van der Waals surface area contributed by atoms with E-state index in [1.807, 2.05) is 25.1 Å². The van der Waals surface area contributed by atoms with Gasteiger partial charge >= 0.3 is 0 Å². The van der Waals surface area contributed by atoms with Crippen LogP contribution in [-0.2, 0) is 6.54 Å².